The van der Waals surface area contributed by atoms with E-state index in [0.29, 0.717) is 5.56 Å². The van der Waals surface area contributed by atoms with Crippen molar-refractivity contribution in [2.45, 2.75) is 6.92 Å². The number of carbonyl (C=O) groups is 2. The Kier molecular flexibility index (Phi) is 3.09. The second-order valence-electron chi connectivity index (χ2n) is 3.84. The number of rotatable bonds is 3. The predicted octanol–water partition coefficient (Wildman–Crippen LogP) is 1.07. The molecule has 0 radical (unpaired) electrons. The molecule has 0 atom stereocenters. The molecular formula is C12H12N4O2. The first-order valence-corrected chi connectivity index (χ1v) is 5.29. The Hall–Kier alpha value is -2.63. The third-order valence-electron chi connectivity index (χ3n) is 2.46. The normalized spacial score (nSPS) is 10.1. The van der Waals surface area contributed by atoms with E-state index in [1.807, 2.05) is 19.1 Å². The molecule has 0 aliphatic rings. The van der Waals surface area contributed by atoms with Crippen LogP contribution in [0.2, 0.25) is 0 Å². The van der Waals surface area contributed by atoms with Gasteiger partial charge in [0.1, 0.15) is 11.4 Å². The molecule has 2 rings (SSSR count). The van der Waals surface area contributed by atoms with Gasteiger partial charge in [-0.1, -0.05) is 17.7 Å². The SMILES string of the molecule is Cc1ccc(C(=O)Nc2[nH]ncc2C(N)=O)cc1. The minimum absolute atomic E-state index is 0.149. The van der Waals surface area contributed by atoms with Gasteiger partial charge in [0.15, 0.2) is 0 Å². The Labute approximate surface area is 103 Å². The number of carbonyl (C=O) groups excluding carboxylic acids is 2. The summed E-state index contributed by atoms with van der Waals surface area (Å²) in [5.41, 5.74) is 6.84. The van der Waals surface area contributed by atoms with E-state index in [-0.39, 0.29) is 17.3 Å². The summed E-state index contributed by atoms with van der Waals surface area (Å²) in [4.78, 5) is 22.9. The summed E-state index contributed by atoms with van der Waals surface area (Å²) in [5, 5.41) is 8.73. The fourth-order valence-corrected chi connectivity index (χ4v) is 1.46. The molecule has 1 heterocycles. The zero-order chi connectivity index (χ0) is 13.1. The number of hydrogen-bond acceptors (Lipinski definition) is 3. The summed E-state index contributed by atoms with van der Waals surface area (Å²) in [5.74, 6) is -0.780. The summed E-state index contributed by atoms with van der Waals surface area (Å²) in [7, 11) is 0. The largest absolute Gasteiger partial charge is 0.365 e. The van der Waals surface area contributed by atoms with Crippen LogP contribution in [0.15, 0.2) is 30.5 Å². The van der Waals surface area contributed by atoms with Gasteiger partial charge < -0.3 is 11.1 Å². The lowest BCUT2D eigenvalue weighted by Gasteiger charge is -2.04. The number of nitrogens with two attached hydrogens (primary N) is 1. The molecule has 0 aliphatic carbocycles. The van der Waals surface area contributed by atoms with Gasteiger partial charge in [0.05, 0.1) is 6.20 Å². The lowest BCUT2D eigenvalue weighted by Crippen LogP contribution is -2.17. The molecule has 0 saturated heterocycles. The van der Waals surface area contributed by atoms with Crippen molar-refractivity contribution in [1.82, 2.24) is 10.2 Å². The zero-order valence-corrected chi connectivity index (χ0v) is 9.73. The number of anilines is 1. The number of primary amides is 1. The summed E-state index contributed by atoms with van der Waals surface area (Å²) < 4.78 is 0. The molecule has 6 nitrogen and oxygen atoms in total. The molecular weight excluding hydrogens is 232 g/mol. The summed E-state index contributed by atoms with van der Waals surface area (Å²) in [6, 6.07) is 7.06. The molecule has 1 aromatic carbocycles. The van der Waals surface area contributed by atoms with E-state index < -0.39 is 5.91 Å². The Morgan fingerprint density at radius 2 is 1.94 bits per heavy atom. The second kappa shape index (κ2) is 4.70. The average molecular weight is 244 g/mol. The van der Waals surface area contributed by atoms with Crippen molar-refractivity contribution >= 4 is 17.6 Å². The van der Waals surface area contributed by atoms with E-state index in [0.717, 1.165) is 5.56 Å². The van der Waals surface area contributed by atoms with Gasteiger partial charge in [-0.25, -0.2) is 0 Å². The number of amides is 2. The molecule has 1 aromatic heterocycles. The highest BCUT2D eigenvalue weighted by atomic mass is 16.2. The second-order valence-corrected chi connectivity index (χ2v) is 3.84. The Bertz CT molecular complexity index is 586. The molecule has 4 N–H and O–H groups in total. The van der Waals surface area contributed by atoms with Crippen LogP contribution in [0.4, 0.5) is 5.82 Å². The van der Waals surface area contributed by atoms with Crippen LogP contribution in [-0.2, 0) is 0 Å². The lowest BCUT2D eigenvalue weighted by molar-refractivity contribution is 0.100. The highest BCUT2D eigenvalue weighted by Gasteiger charge is 2.13. The van der Waals surface area contributed by atoms with Gasteiger partial charge in [-0.2, -0.15) is 5.10 Å². The van der Waals surface area contributed by atoms with Crippen molar-refractivity contribution in [3.05, 3.63) is 47.2 Å². The average Bonchev–Trinajstić information content (AvgIpc) is 2.78. The number of aryl methyl sites for hydroxylation is 1. The zero-order valence-electron chi connectivity index (χ0n) is 9.73. The Morgan fingerprint density at radius 3 is 2.56 bits per heavy atom. The highest BCUT2D eigenvalue weighted by molar-refractivity contribution is 6.07. The van der Waals surface area contributed by atoms with E-state index in [1.165, 1.54) is 6.20 Å². The van der Waals surface area contributed by atoms with Gasteiger partial charge in [-0.05, 0) is 19.1 Å². The number of aromatic amines is 1. The Balaban J connectivity index is 2.19. The minimum atomic E-state index is -0.650. The van der Waals surface area contributed by atoms with E-state index >= 15 is 0 Å². The van der Waals surface area contributed by atoms with Crippen LogP contribution < -0.4 is 11.1 Å². The number of hydrogen-bond donors (Lipinski definition) is 3. The van der Waals surface area contributed by atoms with Crippen LogP contribution in [0, 0.1) is 6.92 Å². The quantitative estimate of drug-likeness (QED) is 0.752. The first kappa shape index (κ1) is 11.8. The van der Waals surface area contributed by atoms with E-state index in [9.17, 15) is 9.59 Å². The molecule has 0 spiro atoms. The molecule has 0 aliphatic heterocycles. The van der Waals surface area contributed by atoms with Gasteiger partial charge in [-0.15, -0.1) is 0 Å². The molecule has 18 heavy (non-hydrogen) atoms. The predicted molar refractivity (Wildman–Crippen MR) is 66.2 cm³/mol. The monoisotopic (exact) mass is 244 g/mol. The van der Waals surface area contributed by atoms with Crippen molar-refractivity contribution in [3.8, 4) is 0 Å². The van der Waals surface area contributed by atoms with Crippen LogP contribution >= 0.6 is 0 Å². The first-order valence-electron chi connectivity index (χ1n) is 5.29. The third kappa shape index (κ3) is 2.37. The van der Waals surface area contributed by atoms with Crippen LogP contribution in [0.5, 0.6) is 0 Å². The number of benzene rings is 1. The van der Waals surface area contributed by atoms with Crippen molar-refractivity contribution in [1.29, 1.82) is 0 Å². The molecule has 2 aromatic rings. The number of aromatic nitrogens is 2. The molecule has 0 bridgehead atoms. The summed E-state index contributed by atoms with van der Waals surface area (Å²) >= 11 is 0. The topological polar surface area (TPSA) is 101 Å². The third-order valence-corrected chi connectivity index (χ3v) is 2.46. The number of H-pyrrole nitrogens is 1. The molecule has 92 valence electrons. The standard InChI is InChI=1S/C12H12N4O2/c1-7-2-4-8(5-3-7)12(18)15-11-9(10(13)17)6-14-16-11/h2-6H,1H3,(H2,13,17)(H2,14,15,16,18). The summed E-state index contributed by atoms with van der Waals surface area (Å²) in [6.45, 7) is 1.93. The number of nitrogens with zero attached hydrogens (tertiary/aromatic N) is 1. The van der Waals surface area contributed by atoms with Crippen LogP contribution in [0.1, 0.15) is 26.3 Å². The molecule has 0 saturated carbocycles. The van der Waals surface area contributed by atoms with Gasteiger partial charge >= 0.3 is 0 Å². The lowest BCUT2D eigenvalue weighted by atomic mass is 10.1. The van der Waals surface area contributed by atoms with Gasteiger partial charge in [0.25, 0.3) is 11.8 Å². The highest BCUT2D eigenvalue weighted by Crippen LogP contribution is 2.12. The summed E-state index contributed by atoms with van der Waals surface area (Å²) in [6.07, 6.45) is 1.27. The maximum atomic E-state index is 11.9. The Morgan fingerprint density at radius 1 is 1.28 bits per heavy atom. The van der Waals surface area contributed by atoms with Gasteiger partial charge in [0.2, 0.25) is 0 Å². The van der Waals surface area contributed by atoms with Crippen LogP contribution in [0.25, 0.3) is 0 Å². The van der Waals surface area contributed by atoms with Gasteiger partial charge in [-0.3, -0.25) is 14.7 Å². The maximum Gasteiger partial charge on any atom is 0.256 e. The molecule has 6 heteroatoms. The minimum Gasteiger partial charge on any atom is -0.365 e. The van der Waals surface area contributed by atoms with Crippen molar-refractivity contribution in [2.75, 3.05) is 5.32 Å². The van der Waals surface area contributed by atoms with E-state index in [1.54, 1.807) is 12.1 Å². The van der Waals surface area contributed by atoms with Crippen LogP contribution in [0.3, 0.4) is 0 Å². The fraction of sp³-hybridized carbons (Fsp3) is 0.0833. The van der Waals surface area contributed by atoms with E-state index in [2.05, 4.69) is 15.5 Å². The van der Waals surface area contributed by atoms with Crippen LogP contribution in [-0.4, -0.2) is 22.0 Å². The van der Waals surface area contributed by atoms with E-state index in [4.69, 9.17) is 5.73 Å². The first-order chi connectivity index (χ1) is 8.58. The smallest absolute Gasteiger partial charge is 0.256 e. The van der Waals surface area contributed by atoms with Crippen molar-refractivity contribution < 1.29 is 9.59 Å². The maximum absolute atomic E-state index is 11.9. The van der Waals surface area contributed by atoms with Crippen molar-refractivity contribution in [2.24, 2.45) is 5.73 Å². The molecule has 0 unspecified atom stereocenters. The molecule has 0 fully saturated rings. The molecule has 2 amide bonds. The van der Waals surface area contributed by atoms with Gasteiger partial charge in [0, 0.05) is 5.56 Å². The van der Waals surface area contributed by atoms with Crippen molar-refractivity contribution in [3.63, 3.8) is 0 Å². The number of nitrogens with one attached hydrogen (secondary N) is 2. The fourth-order valence-electron chi connectivity index (χ4n) is 1.46.